The highest BCUT2D eigenvalue weighted by atomic mass is 19.1. The van der Waals surface area contributed by atoms with Crippen LogP contribution < -0.4 is 5.32 Å². The van der Waals surface area contributed by atoms with Crippen LogP contribution in [0.25, 0.3) is 5.70 Å². The first kappa shape index (κ1) is 13.1. The van der Waals surface area contributed by atoms with Crippen molar-refractivity contribution in [2.45, 2.75) is 6.04 Å². The van der Waals surface area contributed by atoms with Crippen LogP contribution in [0.5, 0.6) is 0 Å². The van der Waals surface area contributed by atoms with Crippen molar-refractivity contribution in [2.75, 3.05) is 5.32 Å². The summed E-state index contributed by atoms with van der Waals surface area (Å²) < 4.78 is 14.9. The second kappa shape index (κ2) is 4.58. The molecule has 1 aliphatic carbocycles. The van der Waals surface area contributed by atoms with Gasteiger partial charge in [0.1, 0.15) is 11.9 Å². The van der Waals surface area contributed by atoms with Crippen molar-refractivity contribution >= 4 is 17.4 Å². The summed E-state index contributed by atoms with van der Waals surface area (Å²) in [5.74, 6) is 0.0519. The molecule has 2 aliphatic rings. The zero-order valence-corrected chi connectivity index (χ0v) is 12.3. The molecule has 5 rings (SSSR count). The molecular weight excluding hydrogens is 309 g/mol. The van der Waals surface area contributed by atoms with Crippen LogP contribution in [-0.2, 0) is 0 Å². The van der Waals surface area contributed by atoms with Gasteiger partial charge in [-0.15, -0.1) is 0 Å². The van der Waals surface area contributed by atoms with Crippen LogP contribution >= 0.6 is 0 Å². The molecule has 1 aromatic heterocycles. The zero-order valence-electron chi connectivity index (χ0n) is 12.3. The fourth-order valence-electron chi connectivity index (χ4n) is 3.34. The minimum absolute atomic E-state index is 0.0661. The van der Waals surface area contributed by atoms with Crippen LogP contribution in [0.15, 0.2) is 54.1 Å². The fourth-order valence-corrected chi connectivity index (χ4v) is 3.34. The normalized spacial score (nSPS) is 18.0. The number of hydrogen-bond donors (Lipinski definition) is 1. The summed E-state index contributed by atoms with van der Waals surface area (Å²) in [4.78, 5) is 13.0. The third kappa shape index (κ3) is 1.63. The lowest BCUT2D eigenvalue weighted by Gasteiger charge is -2.25. The van der Waals surface area contributed by atoms with E-state index in [1.54, 1.807) is 22.9 Å². The molecule has 2 heterocycles. The minimum Gasteiger partial charge on any atom is -0.322 e. The molecule has 1 N–H and O–H groups in total. The van der Waals surface area contributed by atoms with Crippen molar-refractivity contribution in [3.8, 4) is 0 Å². The number of allylic oxidation sites excluding steroid dienone is 1. The van der Waals surface area contributed by atoms with Gasteiger partial charge in [0.05, 0.1) is 11.3 Å². The van der Waals surface area contributed by atoms with Gasteiger partial charge in [-0.1, -0.05) is 41.5 Å². The van der Waals surface area contributed by atoms with Crippen LogP contribution in [0.4, 0.5) is 10.3 Å². The number of ketones is 1. The van der Waals surface area contributed by atoms with Crippen molar-refractivity contribution in [1.82, 2.24) is 20.2 Å². The minimum atomic E-state index is -0.494. The van der Waals surface area contributed by atoms with Gasteiger partial charge in [-0.2, -0.15) is 4.68 Å². The van der Waals surface area contributed by atoms with Crippen molar-refractivity contribution in [1.29, 1.82) is 0 Å². The molecule has 116 valence electrons. The van der Waals surface area contributed by atoms with Gasteiger partial charge in [0.2, 0.25) is 5.95 Å². The van der Waals surface area contributed by atoms with Crippen molar-refractivity contribution in [3.63, 3.8) is 0 Å². The maximum atomic E-state index is 13.3. The lowest BCUT2D eigenvalue weighted by Crippen LogP contribution is -2.25. The molecule has 0 spiro atoms. The third-order valence-corrected chi connectivity index (χ3v) is 4.39. The van der Waals surface area contributed by atoms with Crippen LogP contribution in [0.1, 0.15) is 27.5 Å². The van der Waals surface area contributed by atoms with Gasteiger partial charge in [-0.25, -0.2) is 4.39 Å². The molecule has 0 radical (unpaired) electrons. The molecule has 24 heavy (non-hydrogen) atoms. The van der Waals surface area contributed by atoms with E-state index in [1.807, 2.05) is 18.2 Å². The predicted octanol–water partition coefficient (Wildman–Crippen LogP) is 2.43. The first-order valence-electron chi connectivity index (χ1n) is 7.42. The Morgan fingerprint density at radius 3 is 2.58 bits per heavy atom. The van der Waals surface area contributed by atoms with Crippen molar-refractivity contribution in [3.05, 3.63) is 76.6 Å². The molecule has 6 nitrogen and oxygen atoms in total. The van der Waals surface area contributed by atoms with Gasteiger partial charge < -0.3 is 5.32 Å². The fraction of sp³-hybridized carbons (Fsp3) is 0.0588. The second-order valence-electron chi connectivity index (χ2n) is 5.69. The van der Waals surface area contributed by atoms with E-state index < -0.39 is 6.04 Å². The molecule has 0 amide bonds. The number of tetrazole rings is 1. The van der Waals surface area contributed by atoms with Crippen molar-refractivity contribution < 1.29 is 9.18 Å². The van der Waals surface area contributed by atoms with E-state index in [-0.39, 0.29) is 11.6 Å². The quantitative estimate of drug-likeness (QED) is 0.746. The molecule has 0 bridgehead atoms. The number of nitrogens with one attached hydrogen (secondary N) is 1. The molecule has 0 saturated carbocycles. The average Bonchev–Trinajstić information content (AvgIpc) is 3.18. The summed E-state index contributed by atoms with van der Waals surface area (Å²) in [6, 6.07) is 13.0. The van der Waals surface area contributed by atoms with E-state index in [1.165, 1.54) is 12.1 Å². The molecule has 7 heteroatoms. The molecule has 3 aromatic rings. The highest BCUT2D eigenvalue weighted by molar-refractivity contribution is 6.23. The van der Waals surface area contributed by atoms with E-state index in [0.717, 1.165) is 11.1 Å². The molecule has 2 aromatic carbocycles. The molecule has 0 unspecified atom stereocenters. The van der Waals surface area contributed by atoms with Crippen LogP contribution in [0.3, 0.4) is 0 Å². The number of Topliss-reactive ketones (excluding diaryl/α,β-unsaturated/α-hetero) is 1. The highest BCUT2D eigenvalue weighted by Gasteiger charge is 2.41. The smallest absolute Gasteiger partial charge is 0.248 e. The number of carbonyl (C=O) groups is 1. The standard InChI is InChI=1S/C17H10FN5O/c18-10-7-5-9(6-8-10)15-13-14(19-17-20-21-22-23(15)17)11-3-1-2-4-12(11)16(13)24/h1-8,15H,(H,19,20,22)/t15-/m0/s1. The number of aromatic nitrogens is 4. The Bertz CT molecular complexity index is 1020. The third-order valence-electron chi connectivity index (χ3n) is 4.39. The summed E-state index contributed by atoms with van der Waals surface area (Å²) in [7, 11) is 0. The lowest BCUT2D eigenvalue weighted by molar-refractivity contribution is 0.102. The maximum absolute atomic E-state index is 13.3. The second-order valence-corrected chi connectivity index (χ2v) is 5.69. The number of carbonyl (C=O) groups excluding carboxylic acids is 1. The maximum Gasteiger partial charge on any atom is 0.248 e. The van der Waals surface area contributed by atoms with E-state index in [9.17, 15) is 9.18 Å². The van der Waals surface area contributed by atoms with E-state index in [4.69, 9.17) is 0 Å². The molecule has 0 saturated heterocycles. The number of benzene rings is 2. The molecule has 0 fully saturated rings. The highest BCUT2D eigenvalue weighted by Crippen LogP contribution is 2.44. The number of fused-ring (bicyclic) bond motifs is 3. The van der Waals surface area contributed by atoms with Gasteiger partial charge >= 0.3 is 0 Å². The number of anilines is 1. The predicted molar refractivity (Wildman–Crippen MR) is 83.7 cm³/mol. The molecule has 1 aliphatic heterocycles. The van der Waals surface area contributed by atoms with Gasteiger partial charge in [0.25, 0.3) is 0 Å². The van der Waals surface area contributed by atoms with Crippen LogP contribution in [-0.4, -0.2) is 26.0 Å². The summed E-state index contributed by atoms with van der Waals surface area (Å²) in [5, 5.41) is 14.8. The van der Waals surface area contributed by atoms with E-state index in [2.05, 4.69) is 20.8 Å². The van der Waals surface area contributed by atoms with E-state index in [0.29, 0.717) is 22.8 Å². The van der Waals surface area contributed by atoms with Crippen molar-refractivity contribution in [2.24, 2.45) is 0 Å². The first-order chi connectivity index (χ1) is 11.7. The number of hydrogen-bond acceptors (Lipinski definition) is 5. The van der Waals surface area contributed by atoms with E-state index >= 15 is 0 Å². The topological polar surface area (TPSA) is 72.7 Å². The zero-order chi connectivity index (χ0) is 16.3. The number of halogens is 1. The van der Waals surface area contributed by atoms with Gasteiger partial charge in [0, 0.05) is 11.1 Å². The Morgan fingerprint density at radius 1 is 1.04 bits per heavy atom. The van der Waals surface area contributed by atoms with Gasteiger partial charge in [-0.05, 0) is 28.1 Å². The summed E-state index contributed by atoms with van der Waals surface area (Å²) >= 11 is 0. The van der Waals surface area contributed by atoms with Crippen LogP contribution in [0.2, 0.25) is 0 Å². The summed E-state index contributed by atoms with van der Waals surface area (Å²) in [6.45, 7) is 0. The van der Waals surface area contributed by atoms with Crippen LogP contribution in [0, 0.1) is 5.82 Å². The molecular formula is C17H10FN5O. The average molecular weight is 319 g/mol. The monoisotopic (exact) mass is 319 g/mol. The largest absolute Gasteiger partial charge is 0.322 e. The Balaban J connectivity index is 1.77. The SMILES string of the molecule is O=C1C2=C(Nc3nnnn3[C@H]2c2ccc(F)cc2)c2ccccc21. The Labute approximate surface area is 135 Å². The van der Waals surface area contributed by atoms with Gasteiger partial charge in [-0.3, -0.25) is 4.79 Å². The number of nitrogens with zero attached hydrogens (tertiary/aromatic N) is 4. The Morgan fingerprint density at radius 2 is 1.79 bits per heavy atom. The summed E-state index contributed by atoms with van der Waals surface area (Å²) in [6.07, 6.45) is 0. The molecule has 1 atom stereocenters. The number of rotatable bonds is 1. The lowest BCUT2D eigenvalue weighted by atomic mass is 9.94. The first-order valence-corrected chi connectivity index (χ1v) is 7.42. The Kier molecular flexibility index (Phi) is 2.50. The summed E-state index contributed by atoms with van der Waals surface area (Å²) in [5.41, 5.74) is 3.51. The Hall–Kier alpha value is -3.35. The van der Waals surface area contributed by atoms with Gasteiger partial charge in [0.15, 0.2) is 5.78 Å².